The molecule has 0 aliphatic heterocycles. The lowest BCUT2D eigenvalue weighted by Crippen LogP contribution is -2.30. The van der Waals surface area contributed by atoms with E-state index in [4.69, 9.17) is 4.74 Å². The van der Waals surface area contributed by atoms with Crippen molar-refractivity contribution in [3.05, 3.63) is 53.1 Å². The summed E-state index contributed by atoms with van der Waals surface area (Å²) in [7, 11) is 1.52. The summed E-state index contributed by atoms with van der Waals surface area (Å²) in [5.74, 6) is -0.481. The van der Waals surface area contributed by atoms with Crippen LogP contribution in [0, 0.1) is 6.92 Å². The van der Waals surface area contributed by atoms with Gasteiger partial charge in [-0.25, -0.2) is 0 Å². The largest absolute Gasteiger partial charge is 0.495 e. The summed E-state index contributed by atoms with van der Waals surface area (Å²) < 4.78 is 5.25. The van der Waals surface area contributed by atoms with Crippen molar-refractivity contribution in [3.63, 3.8) is 0 Å². The van der Waals surface area contributed by atoms with Gasteiger partial charge in [-0.3, -0.25) is 9.59 Å². The normalized spacial score (nSPS) is 10.8. The zero-order valence-electron chi connectivity index (χ0n) is 16.8. The van der Waals surface area contributed by atoms with E-state index >= 15 is 0 Å². The number of para-hydroxylation sites is 1. The van der Waals surface area contributed by atoms with Crippen LogP contribution in [0.2, 0.25) is 0 Å². The summed E-state index contributed by atoms with van der Waals surface area (Å²) in [6.07, 6.45) is 0. The Hall–Kier alpha value is -2.82. The topological polar surface area (TPSA) is 67.4 Å². The van der Waals surface area contributed by atoms with Crippen molar-refractivity contribution in [1.29, 1.82) is 0 Å². The van der Waals surface area contributed by atoms with Gasteiger partial charge in [-0.15, -0.1) is 0 Å². The molecule has 0 atom stereocenters. The van der Waals surface area contributed by atoms with Crippen LogP contribution in [0.15, 0.2) is 36.4 Å². The maximum Gasteiger partial charge on any atom is 0.314 e. The van der Waals surface area contributed by atoms with Gasteiger partial charge in [-0.1, -0.05) is 52.0 Å². The Balaban J connectivity index is 2.27. The van der Waals surface area contributed by atoms with Gasteiger partial charge in [0.2, 0.25) is 0 Å². The summed E-state index contributed by atoms with van der Waals surface area (Å²) in [4.78, 5) is 25.1. The van der Waals surface area contributed by atoms with Crippen molar-refractivity contribution < 1.29 is 14.3 Å². The van der Waals surface area contributed by atoms with Gasteiger partial charge in [0.1, 0.15) is 5.75 Å². The van der Waals surface area contributed by atoms with E-state index in [2.05, 4.69) is 38.3 Å². The molecule has 2 rings (SSSR count). The third-order valence-electron chi connectivity index (χ3n) is 4.42. The molecule has 2 aromatic rings. The van der Waals surface area contributed by atoms with E-state index in [-0.39, 0.29) is 11.8 Å². The number of methoxy groups -OCH3 is 1. The fourth-order valence-corrected chi connectivity index (χ4v) is 2.96. The SMILES string of the molecule is COc1ccc(C)cc1NC(=O)C(=O)Nc1c(C(C)C)cccc1C(C)C. The summed E-state index contributed by atoms with van der Waals surface area (Å²) >= 11 is 0. The van der Waals surface area contributed by atoms with E-state index in [0.29, 0.717) is 11.4 Å². The molecular formula is C22H28N2O3. The molecule has 0 aromatic heterocycles. The molecule has 144 valence electrons. The molecular weight excluding hydrogens is 340 g/mol. The molecule has 0 aliphatic carbocycles. The number of amides is 2. The van der Waals surface area contributed by atoms with Crippen LogP contribution in [0.1, 0.15) is 56.2 Å². The molecule has 0 heterocycles. The van der Waals surface area contributed by atoms with Crippen LogP contribution in [-0.4, -0.2) is 18.9 Å². The van der Waals surface area contributed by atoms with E-state index in [9.17, 15) is 9.59 Å². The van der Waals surface area contributed by atoms with Crippen molar-refractivity contribution in [1.82, 2.24) is 0 Å². The van der Waals surface area contributed by atoms with Gasteiger partial charge in [0.15, 0.2) is 0 Å². The highest BCUT2D eigenvalue weighted by Crippen LogP contribution is 2.32. The van der Waals surface area contributed by atoms with Gasteiger partial charge in [0, 0.05) is 5.69 Å². The first-order chi connectivity index (χ1) is 12.7. The predicted molar refractivity (Wildman–Crippen MR) is 110 cm³/mol. The minimum absolute atomic E-state index is 0.221. The zero-order chi connectivity index (χ0) is 20.1. The van der Waals surface area contributed by atoms with Gasteiger partial charge in [0.05, 0.1) is 12.8 Å². The number of carbonyl (C=O) groups excluding carboxylic acids is 2. The molecule has 0 aliphatic rings. The van der Waals surface area contributed by atoms with Crippen LogP contribution in [0.25, 0.3) is 0 Å². The van der Waals surface area contributed by atoms with Crippen molar-refractivity contribution in [2.75, 3.05) is 17.7 Å². The van der Waals surface area contributed by atoms with Crippen LogP contribution in [0.5, 0.6) is 5.75 Å². The Morgan fingerprint density at radius 1 is 0.889 bits per heavy atom. The first kappa shape index (κ1) is 20.5. The van der Waals surface area contributed by atoms with Gasteiger partial charge in [-0.2, -0.15) is 0 Å². The maximum atomic E-state index is 12.6. The highest BCUT2D eigenvalue weighted by Gasteiger charge is 2.21. The second kappa shape index (κ2) is 8.71. The molecule has 0 saturated heterocycles. The Bertz CT molecular complexity index is 815. The second-order valence-electron chi connectivity index (χ2n) is 7.23. The molecule has 0 unspecified atom stereocenters. The van der Waals surface area contributed by atoms with Crippen LogP contribution in [-0.2, 0) is 9.59 Å². The first-order valence-electron chi connectivity index (χ1n) is 9.14. The molecule has 0 fully saturated rings. The number of benzene rings is 2. The minimum Gasteiger partial charge on any atom is -0.495 e. The number of nitrogens with one attached hydrogen (secondary N) is 2. The van der Waals surface area contributed by atoms with E-state index in [1.807, 2.05) is 31.2 Å². The van der Waals surface area contributed by atoms with E-state index in [1.54, 1.807) is 12.1 Å². The van der Waals surface area contributed by atoms with Crippen molar-refractivity contribution in [2.45, 2.75) is 46.5 Å². The van der Waals surface area contributed by atoms with Crippen molar-refractivity contribution in [3.8, 4) is 5.75 Å². The molecule has 5 nitrogen and oxygen atoms in total. The standard InChI is InChI=1S/C22H28N2O3/c1-13(2)16-8-7-9-17(14(3)4)20(16)24-22(26)21(25)23-18-12-15(5)10-11-19(18)27-6/h7-14H,1-6H3,(H,23,25)(H,24,26). The Labute approximate surface area is 161 Å². The Morgan fingerprint density at radius 3 is 1.96 bits per heavy atom. The molecule has 2 N–H and O–H groups in total. The lowest BCUT2D eigenvalue weighted by molar-refractivity contribution is -0.133. The smallest absolute Gasteiger partial charge is 0.314 e. The molecule has 0 saturated carbocycles. The molecule has 0 spiro atoms. The molecule has 0 bridgehead atoms. The lowest BCUT2D eigenvalue weighted by Gasteiger charge is -2.20. The summed E-state index contributed by atoms with van der Waals surface area (Å²) in [5, 5.41) is 5.47. The molecule has 27 heavy (non-hydrogen) atoms. The number of ether oxygens (including phenoxy) is 1. The second-order valence-corrected chi connectivity index (χ2v) is 7.23. The summed E-state index contributed by atoms with van der Waals surface area (Å²) in [5.41, 5.74) is 4.17. The Kier molecular flexibility index (Phi) is 6.61. The fourth-order valence-electron chi connectivity index (χ4n) is 2.96. The minimum atomic E-state index is -0.729. The zero-order valence-corrected chi connectivity index (χ0v) is 16.8. The van der Waals surface area contributed by atoms with Gasteiger partial charge in [-0.05, 0) is 47.6 Å². The summed E-state index contributed by atoms with van der Waals surface area (Å²) in [6, 6.07) is 11.3. The number of carbonyl (C=O) groups is 2. The van der Waals surface area contributed by atoms with Crippen LogP contribution < -0.4 is 15.4 Å². The number of hydrogen-bond acceptors (Lipinski definition) is 3. The molecule has 5 heteroatoms. The number of aryl methyl sites for hydroxylation is 1. The predicted octanol–water partition coefficient (Wildman–Crippen LogP) is 4.83. The highest BCUT2D eigenvalue weighted by atomic mass is 16.5. The molecule has 2 amide bonds. The van der Waals surface area contributed by atoms with Crippen molar-refractivity contribution >= 4 is 23.2 Å². The third kappa shape index (κ3) is 4.88. The van der Waals surface area contributed by atoms with E-state index < -0.39 is 11.8 Å². The van der Waals surface area contributed by atoms with Crippen LogP contribution >= 0.6 is 0 Å². The molecule has 2 aromatic carbocycles. The highest BCUT2D eigenvalue weighted by molar-refractivity contribution is 6.44. The monoisotopic (exact) mass is 368 g/mol. The first-order valence-corrected chi connectivity index (χ1v) is 9.14. The van der Waals surface area contributed by atoms with E-state index in [0.717, 1.165) is 22.4 Å². The van der Waals surface area contributed by atoms with Gasteiger partial charge >= 0.3 is 11.8 Å². The van der Waals surface area contributed by atoms with Gasteiger partial charge in [0.25, 0.3) is 0 Å². The number of rotatable bonds is 5. The quantitative estimate of drug-likeness (QED) is 0.743. The number of anilines is 2. The van der Waals surface area contributed by atoms with Gasteiger partial charge < -0.3 is 15.4 Å². The van der Waals surface area contributed by atoms with Crippen LogP contribution in [0.4, 0.5) is 11.4 Å². The molecule has 0 radical (unpaired) electrons. The van der Waals surface area contributed by atoms with Crippen molar-refractivity contribution in [2.24, 2.45) is 0 Å². The summed E-state index contributed by atoms with van der Waals surface area (Å²) in [6.45, 7) is 10.2. The van der Waals surface area contributed by atoms with Crippen LogP contribution in [0.3, 0.4) is 0 Å². The average Bonchev–Trinajstić information content (AvgIpc) is 2.61. The maximum absolute atomic E-state index is 12.6. The third-order valence-corrected chi connectivity index (χ3v) is 4.42. The Morgan fingerprint density at radius 2 is 1.44 bits per heavy atom. The average molecular weight is 368 g/mol. The fraction of sp³-hybridized carbons (Fsp3) is 0.364. The number of hydrogen-bond donors (Lipinski definition) is 2. The van der Waals surface area contributed by atoms with E-state index in [1.165, 1.54) is 7.11 Å². The lowest BCUT2D eigenvalue weighted by atomic mass is 9.92.